The Morgan fingerprint density at radius 2 is 2.06 bits per heavy atom. The van der Waals surface area contributed by atoms with Crippen LogP contribution in [0.25, 0.3) is 0 Å². The second kappa shape index (κ2) is 5.78. The molecule has 0 aromatic heterocycles. The highest BCUT2D eigenvalue weighted by atomic mass is 16.5. The van der Waals surface area contributed by atoms with E-state index in [2.05, 4.69) is 4.90 Å². The standard InChI is InChI=1S/C13H23NO2/c1-16-10-11-3-2-8-14(9-11)12-4-6-13(15)7-5-12/h11-12H,2-10H2,1H3. The van der Waals surface area contributed by atoms with Crippen molar-refractivity contribution in [3.63, 3.8) is 0 Å². The van der Waals surface area contributed by atoms with E-state index in [4.69, 9.17) is 4.74 Å². The number of ketones is 1. The Hall–Kier alpha value is -0.410. The van der Waals surface area contributed by atoms with Crippen molar-refractivity contribution in [3.05, 3.63) is 0 Å². The van der Waals surface area contributed by atoms with Crippen LogP contribution in [0.15, 0.2) is 0 Å². The first kappa shape index (κ1) is 12.1. The third-order valence-electron chi connectivity index (χ3n) is 3.98. The van der Waals surface area contributed by atoms with E-state index in [1.807, 2.05) is 0 Å². The number of hydrogen-bond acceptors (Lipinski definition) is 3. The fourth-order valence-corrected chi connectivity index (χ4v) is 3.09. The van der Waals surface area contributed by atoms with Gasteiger partial charge in [0.1, 0.15) is 5.78 Å². The molecule has 16 heavy (non-hydrogen) atoms. The number of ether oxygens (including phenoxy) is 1. The summed E-state index contributed by atoms with van der Waals surface area (Å²) in [5, 5.41) is 0. The van der Waals surface area contributed by atoms with Gasteiger partial charge >= 0.3 is 0 Å². The maximum Gasteiger partial charge on any atom is 0.133 e. The van der Waals surface area contributed by atoms with Gasteiger partial charge in [-0.2, -0.15) is 0 Å². The van der Waals surface area contributed by atoms with Gasteiger partial charge in [0, 0.05) is 32.5 Å². The number of nitrogens with zero attached hydrogens (tertiary/aromatic N) is 1. The molecule has 3 heteroatoms. The molecule has 1 aliphatic heterocycles. The second-order valence-electron chi connectivity index (χ2n) is 5.23. The predicted molar refractivity (Wildman–Crippen MR) is 63.4 cm³/mol. The Kier molecular flexibility index (Phi) is 4.36. The van der Waals surface area contributed by atoms with Crippen molar-refractivity contribution in [1.82, 2.24) is 4.90 Å². The fourth-order valence-electron chi connectivity index (χ4n) is 3.09. The molecule has 2 rings (SSSR count). The molecular formula is C13H23NO2. The van der Waals surface area contributed by atoms with Gasteiger partial charge in [0.25, 0.3) is 0 Å². The van der Waals surface area contributed by atoms with Crippen molar-refractivity contribution in [2.24, 2.45) is 5.92 Å². The zero-order valence-corrected chi connectivity index (χ0v) is 10.3. The maximum absolute atomic E-state index is 11.2. The summed E-state index contributed by atoms with van der Waals surface area (Å²) in [6.45, 7) is 3.29. The maximum atomic E-state index is 11.2. The Morgan fingerprint density at radius 3 is 2.75 bits per heavy atom. The van der Waals surface area contributed by atoms with Crippen LogP contribution in [0.3, 0.4) is 0 Å². The van der Waals surface area contributed by atoms with E-state index >= 15 is 0 Å². The average molecular weight is 225 g/mol. The van der Waals surface area contributed by atoms with Gasteiger partial charge in [-0.3, -0.25) is 9.69 Å². The quantitative estimate of drug-likeness (QED) is 0.734. The molecular weight excluding hydrogens is 202 g/mol. The molecule has 0 bridgehead atoms. The molecule has 0 N–H and O–H groups in total. The summed E-state index contributed by atoms with van der Waals surface area (Å²) in [6, 6.07) is 0.664. The molecule has 1 unspecified atom stereocenters. The third kappa shape index (κ3) is 3.05. The number of rotatable bonds is 3. The molecule has 0 amide bonds. The lowest BCUT2D eigenvalue weighted by Crippen LogP contribution is -2.45. The number of methoxy groups -OCH3 is 1. The minimum absolute atomic E-state index is 0.460. The zero-order valence-electron chi connectivity index (χ0n) is 10.3. The second-order valence-corrected chi connectivity index (χ2v) is 5.23. The van der Waals surface area contributed by atoms with Crippen LogP contribution in [0.2, 0.25) is 0 Å². The first-order valence-electron chi connectivity index (χ1n) is 6.54. The highest BCUT2D eigenvalue weighted by Gasteiger charge is 2.28. The lowest BCUT2D eigenvalue weighted by Gasteiger charge is -2.39. The zero-order chi connectivity index (χ0) is 11.4. The molecule has 1 saturated heterocycles. The molecule has 0 aromatic carbocycles. The Balaban J connectivity index is 1.82. The summed E-state index contributed by atoms with van der Waals surface area (Å²) in [6.07, 6.45) is 6.36. The monoisotopic (exact) mass is 225 g/mol. The van der Waals surface area contributed by atoms with E-state index in [1.165, 1.54) is 25.9 Å². The molecule has 3 nitrogen and oxygen atoms in total. The smallest absolute Gasteiger partial charge is 0.133 e. The van der Waals surface area contributed by atoms with Gasteiger partial charge in [0.2, 0.25) is 0 Å². The van der Waals surface area contributed by atoms with Crippen molar-refractivity contribution >= 4 is 5.78 Å². The van der Waals surface area contributed by atoms with E-state index in [0.29, 0.717) is 17.7 Å². The average Bonchev–Trinajstić information content (AvgIpc) is 2.31. The van der Waals surface area contributed by atoms with E-state index in [-0.39, 0.29) is 0 Å². The SMILES string of the molecule is COCC1CCCN(C2CCC(=O)CC2)C1. The highest BCUT2D eigenvalue weighted by molar-refractivity contribution is 5.79. The van der Waals surface area contributed by atoms with E-state index in [1.54, 1.807) is 7.11 Å². The highest BCUT2D eigenvalue weighted by Crippen LogP contribution is 2.25. The normalized spacial score (nSPS) is 29.6. The number of hydrogen-bond donors (Lipinski definition) is 0. The van der Waals surface area contributed by atoms with Gasteiger partial charge in [-0.25, -0.2) is 0 Å². The van der Waals surface area contributed by atoms with Crippen molar-refractivity contribution in [2.75, 3.05) is 26.8 Å². The summed E-state index contributed by atoms with van der Waals surface area (Å²) < 4.78 is 5.25. The molecule has 1 heterocycles. The number of carbonyl (C=O) groups excluding carboxylic acids is 1. The Bertz CT molecular complexity index is 230. The Morgan fingerprint density at radius 1 is 1.31 bits per heavy atom. The summed E-state index contributed by atoms with van der Waals surface area (Å²) in [4.78, 5) is 13.8. The summed E-state index contributed by atoms with van der Waals surface area (Å²) in [5.41, 5.74) is 0. The lowest BCUT2D eigenvalue weighted by molar-refractivity contribution is -0.121. The van der Waals surface area contributed by atoms with E-state index < -0.39 is 0 Å². The van der Waals surface area contributed by atoms with Crippen LogP contribution in [0.1, 0.15) is 38.5 Å². The minimum Gasteiger partial charge on any atom is -0.384 e. The van der Waals surface area contributed by atoms with Crippen molar-refractivity contribution in [2.45, 2.75) is 44.6 Å². The number of carbonyl (C=O) groups is 1. The summed E-state index contributed by atoms with van der Waals surface area (Å²) >= 11 is 0. The lowest BCUT2D eigenvalue weighted by atomic mass is 9.90. The Labute approximate surface area is 98.1 Å². The third-order valence-corrected chi connectivity index (χ3v) is 3.98. The van der Waals surface area contributed by atoms with Gasteiger partial charge < -0.3 is 4.74 Å². The molecule has 2 aliphatic rings. The van der Waals surface area contributed by atoms with Crippen molar-refractivity contribution in [3.8, 4) is 0 Å². The molecule has 0 spiro atoms. The molecule has 2 fully saturated rings. The first-order chi connectivity index (χ1) is 7.79. The molecule has 1 aliphatic carbocycles. The molecule has 92 valence electrons. The molecule has 1 saturated carbocycles. The van der Waals surface area contributed by atoms with Gasteiger partial charge in [-0.1, -0.05) is 0 Å². The van der Waals surface area contributed by atoms with Crippen LogP contribution in [0, 0.1) is 5.92 Å². The number of Topliss-reactive ketones (excluding diaryl/α,β-unsaturated/α-hetero) is 1. The summed E-state index contributed by atoms with van der Waals surface area (Å²) in [5.74, 6) is 1.16. The van der Waals surface area contributed by atoms with Gasteiger partial charge in [0.05, 0.1) is 6.61 Å². The summed E-state index contributed by atoms with van der Waals surface area (Å²) in [7, 11) is 1.79. The topological polar surface area (TPSA) is 29.5 Å². The van der Waals surface area contributed by atoms with Crippen LogP contribution in [-0.4, -0.2) is 43.5 Å². The van der Waals surface area contributed by atoms with E-state index in [9.17, 15) is 4.79 Å². The van der Waals surface area contributed by atoms with Gasteiger partial charge in [0.15, 0.2) is 0 Å². The number of piperidine rings is 1. The van der Waals surface area contributed by atoms with E-state index in [0.717, 1.165) is 32.3 Å². The molecule has 0 aromatic rings. The van der Waals surface area contributed by atoms with Crippen molar-refractivity contribution < 1.29 is 9.53 Å². The van der Waals surface area contributed by atoms with Crippen LogP contribution in [-0.2, 0) is 9.53 Å². The van der Waals surface area contributed by atoms with Crippen LogP contribution < -0.4 is 0 Å². The number of likely N-dealkylation sites (tertiary alicyclic amines) is 1. The largest absolute Gasteiger partial charge is 0.384 e. The van der Waals surface area contributed by atoms with Gasteiger partial charge in [-0.05, 0) is 38.1 Å². The predicted octanol–water partition coefficient (Wildman–Crippen LogP) is 1.86. The molecule has 0 radical (unpaired) electrons. The molecule has 1 atom stereocenters. The van der Waals surface area contributed by atoms with Crippen LogP contribution in [0.4, 0.5) is 0 Å². The van der Waals surface area contributed by atoms with Crippen molar-refractivity contribution in [1.29, 1.82) is 0 Å². The first-order valence-corrected chi connectivity index (χ1v) is 6.54. The van der Waals surface area contributed by atoms with Crippen LogP contribution >= 0.6 is 0 Å². The van der Waals surface area contributed by atoms with Gasteiger partial charge in [-0.15, -0.1) is 0 Å². The van der Waals surface area contributed by atoms with Crippen LogP contribution in [0.5, 0.6) is 0 Å². The minimum atomic E-state index is 0.460. The fraction of sp³-hybridized carbons (Fsp3) is 0.923.